The van der Waals surface area contributed by atoms with E-state index in [2.05, 4.69) is 0 Å². The smallest absolute Gasteiger partial charge is 0.255 e. The molecule has 0 spiro atoms. The number of aromatic hydroxyl groups is 3. The lowest BCUT2D eigenvalue weighted by Crippen LogP contribution is -2.45. The maximum atomic E-state index is 13.8. The molecule has 0 aromatic heterocycles. The number of halogens is 2. The topological polar surface area (TPSA) is 81.0 Å². The predicted molar refractivity (Wildman–Crippen MR) is 131 cm³/mol. The van der Waals surface area contributed by atoms with Gasteiger partial charge in [0, 0.05) is 34.3 Å². The van der Waals surface area contributed by atoms with Crippen LogP contribution in [0.5, 0.6) is 17.2 Å². The summed E-state index contributed by atoms with van der Waals surface area (Å²) in [7, 11) is 0. The molecule has 7 heteroatoms. The van der Waals surface area contributed by atoms with Crippen molar-refractivity contribution in [3.05, 3.63) is 123 Å². The van der Waals surface area contributed by atoms with E-state index in [-0.39, 0.29) is 35.3 Å². The summed E-state index contributed by atoms with van der Waals surface area (Å²) in [5, 5.41) is 33.2. The quantitative estimate of drug-likeness (QED) is 0.324. The van der Waals surface area contributed by atoms with Crippen LogP contribution in [0, 0.1) is 0 Å². The summed E-state index contributed by atoms with van der Waals surface area (Å²) < 4.78 is 0. The molecule has 5 nitrogen and oxygen atoms in total. The molecule has 0 aliphatic carbocycles. The lowest BCUT2D eigenvalue weighted by molar-refractivity contribution is 0.0652. The van der Waals surface area contributed by atoms with Crippen LogP contribution in [0.1, 0.15) is 32.6 Å². The summed E-state index contributed by atoms with van der Waals surface area (Å²) in [6.07, 6.45) is 0. The monoisotopic (exact) mass is 491 g/mol. The maximum Gasteiger partial charge on any atom is 0.255 e. The number of hydrogen-bond acceptors (Lipinski definition) is 4. The molecule has 1 aliphatic rings. The van der Waals surface area contributed by atoms with Crippen molar-refractivity contribution in [2.45, 2.75) is 12.1 Å². The number of amides is 1. The van der Waals surface area contributed by atoms with Gasteiger partial charge in [-0.1, -0.05) is 65.7 Å². The van der Waals surface area contributed by atoms with Gasteiger partial charge in [-0.25, -0.2) is 0 Å². The lowest BCUT2D eigenvalue weighted by atomic mass is 9.76. The zero-order valence-electron chi connectivity index (χ0n) is 17.7. The summed E-state index contributed by atoms with van der Waals surface area (Å²) in [6.45, 7) is 0.160. The third kappa shape index (κ3) is 3.36. The van der Waals surface area contributed by atoms with Crippen molar-refractivity contribution in [1.82, 2.24) is 4.90 Å². The second-order valence-corrected chi connectivity index (χ2v) is 9.01. The van der Waals surface area contributed by atoms with Crippen LogP contribution >= 0.6 is 23.2 Å². The largest absolute Gasteiger partial charge is 0.508 e. The molecule has 3 N–H and O–H groups in total. The molecule has 1 atom stereocenters. The van der Waals surface area contributed by atoms with Gasteiger partial charge in [0.2, 0.25) is 0 Å². The Morgan fingerprint density at radius 2 is 1.32 bits per heavy atom. The Labute approximate surface area is 206 Å². The van der Waals surface area contributed by atoms with Crippen molar-refractivity contribution in [2.24, 2.45) is 0 Å². The fraction of sp³-hybridized carbons (Fsp3) is 0.0741. The number of benzene rings is 4. The van der Waals surface area contributed by atoms with E-state index in [0.29, 0.717) is 26.7 Å². The SMILES string of the molecule is O=C1c2ccccc2C(c2ccc(Cl)cc2)(c2c(O)cc(O)cc2O)N1Cc1ccc(Cl)cc1. The number of fused-ring (bicyclic) bond motifs is 1. The minimum absolute atomic E-state index is 0.0832. The molecule has 0 fully saturated rings. The molecule has 0 bridgehead atoms. The van der Waals surface area contributed by atoms with Crippen LogP contribution in [0.25, 0.3) is 0 Å². The summed E-state index contributed by atoms with van der Waals surface area (Å²) in [5.74, 6) is -1.27. The molecule has 0 saturated carbocycles. The molecule has 1 amide bonds. The van der Waals surface area contributed by atoms with Gasteiger partial charge < -0.3 is 20.2 Å². The Kier molecular flexibility index (Phi) is 5.39. The van der Waals surface area contributed by atoms with Crippen molar-refractivity contribution < 1.29 is 20.1 Å². The number of hydrogen-bond donors (Lipinski definition) is 3. The van der Waals surface area contributed by atoms with Crippen molar-refractivity contribution in [1.29, 1.82) is 0 Å². The van der Waals surface area contributed by atoms with E-state index >= 15 is 0 Å². The molecular weight excluding hydrogens is 473 g/mol. The highest BCUT2D eigenvalue weighted by Crippen LogP contribution is 2.55. The molecule has 5 rings (SSSR count). The number of phenols is 3. The van der Waals surface area contributed by atoms with Gasteiger partial charge >= 0.3 is 0 Å². The fourth-order valence-corrected chi connectivity index (χ4v) is 5.03. The van der Waals surface area contributed by atoms with E-state index in [4.69, 9.17) is 23.2 Å². The normalized spacial score (nSPS) is 17.1. The zero-order valence-corrected chi connectivity index (χ0v) is 19.3. The number of carbonyl (C=O) groups excluding carboxylic acids is 1. The van der Waals surface area contributed by atoms with Crippen LogP contribution in [0.3, 0.4) is 0 Å². The van der Waals surface area contributed by atoms with Gasteiger partial charge in [-0.15, -0.1) is 0 Å². The van der Waals surface area contributed by atoms with Crippen LogP contribution < -0.4 is 0 Å². The first kappa shape index (κ1) is 22.1. The third-order valence-electron chi connectivity index (χ3n) is 6.16. The molecule has 1 unspecified atom stereocenters. The molecule has 4 aromatic rings. The second-order valence-electron chi connectivity index (χ2n) is 8.14. The van der Waals surface area contributed by atoms with E-state index in [1.54, 1.807) is 65.6 Å². The Morgan fingerprint density at radius 3 is 1.94 bits per heavy atom. The summed E-state index contributed by atoms with van der Waals surface area (Å²) in [5.41, 5.74) is 1.13. The second kappa shape index (κ2) is 8.28. The Bertz CT molecular complexity index is 1380. The standard InChI is InChI=1S/C27H19Cl2NO4/c28-18-9-5-16(6-10-18)15-30-26(34)21-3-1-2-4-22(21)27(30,17-7-11-19(29)12-8-17)25-23(32)13-20(31)14-24(25)33/h1-14,31-33H,15H2. The summed E-state index contributed by atoms with van der Waals surface area (Å²) >= 11 is 12.2. The molecular formula is C27H19Cl2NO4. The van der Waals surface area contributed by atoms with Crippen molar-refractivity contribution in [2.75, 3.05) is 0 Å². The lowest BCUT2D eigenvalue weighted by Gasteiger charge is -2.41. The average Bonchev–Trinajstić information content (AvgIpc) is 3.04. The van der Waals surface area contributed by atoms with Crippen LogP contribution in [-0.2, 0) is 12.1 Å². The highest BCUT2D eigenvalue weighted by Gasteiger charge is 2.54. The number of rotatable bonds is 4. The van der Waals surface area contributed by atoms with E-state index in [1.807, 2.05) is 12.1 Å². The number of nitrogens with zero attached hydrogens (tertiary/aromatic N) is 1. The van der Waals surface area contributed by atoms with E-state index in [9.17, 15) is 20.1 Å². The van der Waals surface area contributed by atoms with E-state index in [0.717, 1.165) is 17.7 Å². The Morgan fingerprint density at radius 1 is 0.765 bits per heavy atom. The van der Waals surface area contributed by atoms with E-state index in [1.165, 1.54) is 0 Å². The predicted octanol–water partition coefficient (Wildman–Crippen LogP) is 6.06. The molecule has 4 aromatic carbocycles. The van der Waals surface area contributed by atoms with Crippen LogP contribution in [-0.4, -0.2) is 26.1 Å². The minimum Gasteiger partial charge on any atom is -0.508 e. The first-order valence-corrected chi connectivity index (χ1v) is 11.3. The number of phenolic OH excluding ortho intramolecular Hbond substituents is 3. The molecule has 1 heterocycles. The van der Waals surface area contributed by atoms with Gasteiger partial charge in [-0.2, -0.15) is 0 Å². The highest BCUT2D eigenvalue weighted by atomic mass is 35.5. The first-order valence-electron chi connectivity index (χ1n) is 10.5. The van der Waals surface area contributed by atoms with Crippen molar-refractivity contribution >= 4 is 29.1 Å². The van der Waals surface area contributed by atoms with Gasteiger partial charge in [0.25, 0.3) is 5.91 Å². The highest BCUT2D eigenvalue weighted by molar-refractivity contribution is 6.30. The van der Waals surface area contributed by atoms with Gasteiger partial charge in [0.15, 0.2) is 0 Å². The maximum absolute atomic E-state index is 13.8. The molecule has 0 saturated heterocycles. The molecule has 0 radical (unpaired) electrons. The molecule has 34 heavy (non-hydrogen) atoms. The third-order valence-corrected chi connectivity index (χ3v) is 6.66. The Hall–Kier alpha value is -3.67. The Balaban J connectivity index is 1.87. The van der Waals surface area contributed by atoms with Gasteiger partial charge in [0.05, 0.1) is 5.56 Å². The van der Waals surface area contributed by atoms with Crippen molar-refractivity contribution in [3.8, 4) is 17.2 Å². The van der Waals surface area contributed by atoms with Crippen LogP contribution in [0.4, 0.5) is 0 Å². The van der Waals surface area contributed by atoms with E-state index < -0.39 is 5.54 Å². The summed E-state index contributed by atoms with van der Waals surface area (Å²) in [6, 6.07) is 23.4. The minimum atomic E-state index is -1.40. The van der Waals surface area contributed by atoms with Crippen molar-refractivity contribution in [3.63, 3.8) is 0 Å². The van der Waals surface area contributed by atoms with Crippen LogP contribution in [0.2, 0.25) is 10.0 Å². The zero-order chi connectivity index (χ0) is 24.0. The van der Waals surface area contributed by atoms with Gasteiger partial charge in [-0.05, 0) is 47.0 Å². The number of carbonyl (C=O) groups is 1. The van der Waals surface area contributed by atoms with Gasteiger partial charge in [-0.3, -0.25) is 4.79 Å². The fourth-order valence-electron chi connectivity index (χ4n) is 4.78. The molecule has 170 valence electrons. The first-order chi connectivity index (χ1) is 16.3. The molecule has 1 aliphatic heterocycles. The summed E-state index contributed by atoms with van der Waals surface area (Å²) in [4.78, 5) is 15.5. The average molecular weight is 492 g/mol. The van der Waals surface area contributed by atoms with Crippen LogP contribution in [0.15, 0.2) is 84.9 Å². The van der Waals surface area contributed by atoms with Gasteiger partial charge in [0.1, 0.15) is 22.8 Å².